The second-order valence-electron chi connectivity index (χ2n) is 3.54. The predicted octanol–water partition coefficient (Wildman–Crippen LogP) is 1.89. The Labute approximate surface area is 97.3 Å². The van der Waals surface area contributed by atoms with Crippen LogP contribution in [0.2, 0.25) is 5.02 Å². The molecular weight excluding hydrogens is 232 g/mol. The molecule has 0 fully saturated rings. The summed E-state index contributed by atoms with van der Waals surface area (Å²) in [4.78, 5) is 21.1. The second-order valence-corrected chi connectivity index (χ2v) is 3.92. The number of halogens is 1. The molecule has 16 heavy (non-hydrogen) atoms. The highest BCUT2D eigenvalue weighted by molar-refractivity contribution is 6.33. The Bertz CT molecular complexity index is 472. The maximum Gasteiger partial charge on any atom is 0.291 e. The Kier molecular flexibility index (Phi) is 3.49. The van der Waals surface area contributed by atoms with Crippen LogP contribution in [0.4, 0.5) is 5.69 Å². The first-order valence-electron chi connectivity index (χ1n) is 4.55. The van der Waals surface area contributed by atoms with E-state index in [9.17, 15) is 14.9 Å². The average molecular weight is 243 g/mol. The van der Waals surface area contributed by atoms with Crippen molar-refractivity contribution in [1.29, 1.82) is 0 Å². The highest BCUT2D eigenvalue weighted by Crippen LogP contribution is 2.33. The number of rotatable bonds is 3. The Morgan fingerprint density at radius 1 is 1.56 bits per heavy atom. The quantitative estimate of drug-likeness (QED) is 0.649. The number of amides is 1. The van der Waals surface area contributed by atoms with Gasteiger partial charge in [0.1, 0.15) is 5.02 Å². The first-order chi connectivity index (χ1) is 7.34. The summed E-state index contributed by atoms with van der Waals surface area (Å²) >= 11 is 5.89. The lowest BCUT2D eigenvalue weighted by Crippen LogP contribution is -2.15. The highest BCUT2D eigenvalue weighted by Gasteiger charge is 2.22. The van der Waals surface area contributed by atoms with Crippen molar-refractivity contribution in [2.75, 3.05) is 0 Å². The van der Waals surface area contributed by atoms with E-state index in [2.05, 4.69) is 0 Å². The average Bonchev–Trinajstić information content (AvgIpc) is 2.12. The van der Waals surface area contributed by atoms with Crippen LogP contribution in [0.25, 0.3) is 0 Å². The lowest BCUT2D eigenvalue weighted by atomic mass is 10.0. The Balaban J connectivity index is 3.46. The lowest BCUT2D eigenvalue weighted by Gasteiger charge is -2.08. The van der Waals surface area contributed by atoms with Crippen LogP contribution < -0.4 is 5.73 Å². The molecule has 0 spiro atoms. The Morgan fingerprint density at radius 2 is 2.12 bits per heavy atom. The monoisotopic (exact) mass is 242 g/mol. The van der Waals surface area contributed by atoms with Gasteiger partial charge in [-0.2, -0.15) is 0 Å². The van der Waals surface area contributed by atoms with Crippen LogP contribution in [-0.2, 0) is 11.2 Å². The molecule has 0 unspecified atom stereocenters. The molecule has 0 atom stereocenters. The first-order valence-corrected chi connectivity index (χ1v) is 4.93. The van der Waals surface area contributed by atoms with Gasteiger partial charge in [0.25, 0.3) is 5.69 Å². The van der Waals surface area contributed by atoms with E-state index >= 15 is 0 Å². The fourth-order valence-corrected chi connectivity index (χ4v) is 1.79. The molecule has 0 saturated heterocycles. The van der Waals surface area contributed by atoms with Crippen LogP contribution in [0, 0.1) is 24.0 Å². The standard InChI is InChI=1S/C10H11ClN2O3/c1-5-3-7(4-8(12)14)10(13(15)16)9(11)6(5)2/h3H,4H2,1-2H3,(H2,12,14). The molecule has 0 aliphatic heterocycles. The minimum absolute atomic E-state index is 0.0706. The summed E-state index contributed by atoms with van der Waals surface area (Å²) in [7, 11) is 0. The van der Waals surface area contributed by atoms with E-state index in [0.717, 1.165) is 5.56 Å². The summed E-state index contributed by atoms with van der Waals surface area (Å²) < 4.78 is 0. The van der Waals surface area contributed by atoms with Gasteiger partial charge in [0, 0.05) is 5.56 Å². The van der Waals surface area contributed by atoms with E-state index in [1.165, 1.54) is 0 Å². The predicted molar refractivity (Wildman–Crippen MR) is 60.5 cm³/mol. The smallest absolute Gasteiger partial charge is 0.291 e. The van der Waals surface area contributed by atoms with Crippen LogP contribution in [0.15, 0.2) is 6.07 Å². The topological polar surface area (TPSA) is 86.2 Å². The van der Waals surface area contributed by atoms with Crippen molar-refractivity contribution in [3.8, 4) is 0 Å². The third-order valence-corrected chi connectivity index (χ3v) is 2.83. The van der Waals surface area contributed by atoms with Crippen LogP contribution in [0.5, 0.6) is 0 Å². The van der Waals surface area contributed by atoms with Gasteiger partial charge >= 0.3 is 0 Å². The lowest BCUT2D eigenvalue weighted by molar-refractivity contribution is -0.385. The number of benzene rings is 1. The summed E-state index contributed by atoms with van der Waals surface area (Å²) in [6.07, 6.45) is -0.183. The number of nitro groups is 1. The van der Waals surface area contributed by atoms with Gasteiger partial charge in [0.15, 0.2) is 0 Å². The molecule has 86 valence electrons. The molecule has 1 aromatic carbocycles. The van der Waals surface area contributed by atoms with Crippen molar-refractivity contribution < 1.29 is 9.72 Å². The van der Waals surface area contributed by atoms with Gasteiger partial charge in [-0.1, -0.05) is 11.6 Å². The van der Waals surface area contributed by atoms with Gasteiger partial charge in [-0.25, -0.2) is 0 Å². The number of primary amides is 1. The molecule has 0 aliphatic rings. The first kappa shape index (κ1) is 12.4. The SMILES string of the molecule is Cc1cc(CC(N)=O)c([N+](=O)[O-])c(Cl)c1C. The summed E-state index contributed by atoms with van der Waals surface area (Å²) in [5.74, 6) is -0.623. The van der Waals surface area contributed by atoms with Gasteiger partial charge in [-0.05, 0) is 31.0 Å². The molecule has 2 N–H and O–H groups in total. The van der Waals surface area contributed by atoms with Crippen molar-refractivity contribution in [1.82, 2.24) is 0 Å². The van der Waals surface area contributed by atoms with Crippen molar-refractivity contribution >= 4 is 23.2 Å². The van der Waals surface area contributed by atoms with E-state index in [4.69, 9.17) is 17.3 Å². The zero-order valence-electron chi connectivity index (χ0n) is 8.91. The number of carbonyl (C=O) groups excluding carboxylic acids is 1. The molecule has 0 saturated carbocycles. The number of nitrogens with two attached hydrogens (primary N) is 1. The third kappa shape index (κ3) is 2.30. The molecule has 0 aliphatic carbocycles. The molecule has 0 aromatic heterocycles. The number of aryl methyl sites for hydroxylation is 1. The maximum absolute atomic E-state index is 10.9. The number of hydrogen-bond donors (Lipinski definition) is 1. The molecule has 1 rings (SSSR count). The van der Waals surface area contributed by atoms with Crippen molar-refractivity contribution in [2.24, 2.45) is 5.73 Å². The molecule has 0 radical (unpaired) electrons. The molecule has 1 aromatic rings. The van der Waals surface area contributed by atoms with Crippen molar-refractivity contribution in [3.05, 3.63) is 37.9 Å². The summed E-state index contributed by atoms with van der Waals surface area (Å²) in [6, 6.07) is 1.57. The van der Waals surface area contributed by atoms with Gasteiger partial charge in [-0.3, -0.25) is 14.9 Å². The van der Waals surface area contributed by atoms with Crippen molar-refractivity contribution in [3.63, 3.8) is 0 Å². The van der Waals surface area contributed by atoms with E-state index < -0.39 is 10.8 Å². The molecule has 0 heterocycles. The van der Waals surface area contributed by atoms with E-state index in [1.54, 1.807) is 19.9 Å². The largest absolute Gasteiger partial charge is 0.369 e. The zero-order valence-corrected chi connectivity index (χ0v) is 9.67. The van der Waals surface area contributed by atoms with E-state index in [-0.39, 0.29) is 22.7 Å². The Hall–Kier alpha value is -1.62. The Morgan fingerprint density at radius 3 is 2.56 bits per heavy atom. The summed E-state index contributed by atoms with van der Waals surface area (Å²) in [6.45, 7) is 3.47. The molecule has 5 nitrogen and oxygen atoms in total. The number of nitrogens with zero attached hydrogens (tertiary/aromatic N) is 1. The minimum atomic E-state index is -0.623. The van der Waals surface area contributed by atoms with Crippen LogP contribution >= 0.6 is 11.6 Å². The molecular formula is C10H11ClN2O3. The van der Waals surface area contributed by atoms with Gasteiger partial charge in [0.05, 0.1) is 11.3 Å². The van der Waals surface area contributed by atoms with Gasteiger partial charge in [0.2, 0.25) is 5.91 Å². The van der Waals surface area contributed by atoms with Crippen LogP contribution in [-0.4, -0.2) is 10.8 Å². The highest BCUT2D eigenvalue weighted by atomic mass is 35.5. The normalized spacial score (nSPS) is 10.2. The second kappa shape index (κ2) is 4.49. The van der Waals surface area contributed by atoms with Crippen molar-refractivity contribution in [2.45, 2.75) is 20.3 Å². The van der Waals surface area contributed by atoms with E-state index in [0.29, 0.717) is 5.56 Å². The molecule has 1 amide bonds. The van der Waals surface area contributed by atoms with Gasteiger partial charge in [-0.15, -0.1) is 0 Å². The number of hydrogen-bond acceptors (Lipinski definition) is 3. The summed E-state index contributed by atoms with van der Waals surface area (Å²) in [5, 5.41) is 10.9. The van der Waals surface area contributed by atoms with E-state index in [1.807, 2.05) is 0 Å². The van der Waals surface area contributed by atoms with Crippen LogP contribution in [0.1, 0.15) is 16.7 Å². The summed E-state index contributed by atoms with van der Waals surface area (Å²) in [5.41, 5.74) is 6.49. The number of carbonyl (C=O) groups is 1. The third-order valence-electron chi connectivity index (χ3n) is 2.37. The fourth-order valence-electron chi connectivity index (χ4n) is 1.45. The minimum Gasteiger partial charge on any atom is -0.369 e. The zero-order chi connectivity index (χ0) is 12.5. The maximum atomic E-state index is 10.9. The molecule has 6 heteroatoms. The fraction of sp³-hybridized carbons (Fsp3) is 0.300. The molecule has 0 bridgehead atoms. The number of nitro benzene ring substituents is 1. The van der Waals surface area contributed by atoms with Gasteiger partial charge < -0.3 is 5.73 Å². The van der Waals surface area contributed by atoms with Crippen LogP contribution in [0.3, 0.4) is 0 Å².